The third-order valence-electron chi connectivity index (χ3n) is 1.31. The van der Waals surface area contributed by atoms with E-state index in [1.807, 2.05) is 0 Å². The van der Waals surface area contributed by atoms with E-state index in [9.17, 15) is 8.78 Å². The highest BCUT2D eigenvalue weighted by Crippen LogP contribution is 2.14. The van der Waals surface area contributed by atoms with Crippen molar-refractivity contribution in [1.82, 2.24) is 4.57 Å². The van der Waals surface area contributed by atoms with Crippen molar-refractivity contribution in [1.29, 1.82) is 0 Å². The Bertz CT molecular complexity index is 208. The summed E-state index contributed by atoms with van der Waals surface area (Å²) in [5, 5.41) is 8.23. The molecule has 1 heterocycles. The van der Waals surface area contributed by atoms with Crippen LogP contribution >= 0.6 is 0 Å². The van der Waals surface area contributed by atoms with E-state index in [2.05, 4.69) is 0 Å². The van der Waals surface area contributed by atoms with Gasteiger partial charge in [-0.25, -0.2) is 8.78 Å². The highest BCUT2D eigenvalue weighted by molar-refractivity contribution is 4.91. The van der Waals surface area contributed by atoms with Crippen LogP contribution < -0.4 is 0 Å². The standard InChI is InChI=1S/C7H9F2NO/c8-7(9,6-11)5-10-3-1-2-4-10/h1-4,11H,5-6H2. The van der Waals surface area contributed by atoms with Crippen molar-refractivity contribution >= 4 is 0 Å². The molecule has 0 saturated heterocycles. The van der Waals surface area contributed by atoms with Crippen LogP contribution in [0.2, 0.25) is 0 Å². The average molecular weight is 161 g/mol. The summed E-state index contributed by atoms with van der Waals surface area (Å²) < 4.78 is 26.2. The maximum Gasteiger partial charge on any atom is 0.288 e. The molecule has 1 N–H and O–H groups in total. The smallest absolute Gasteiger partial charge is 0.288 e. The summed E-state index contributed by atoms with van der Waals surface area (Å²) in [7, 11) is 0. The van der Waals surface area contributed by atoms with Gasteiger partial charge in [-0.3, -0.25) is 0 Å². The van der Waals surface area contributed by atoms with E-state index in [0.29, 0.717) is 0 Å². The minimum atomic E-state index is -3.01. The fourth-order valence-electron chi connectivity index (χ4n) is 0.793. The van der Waals surface area contributed by atoms with E-state index in [-0.39, 0.29) is 0 Å². The minimum absolute atomic E-state index is 0.462. The third kappa shape index (κ3) is 2.31. The number of rotatable bonds is 3. The Morgan fingerprint density at radius 2 is 1.82 bits per heavy atom. The predicted molar refractivity (Wildman–Crippen MR) is 36.5 cm³/mol. The first-order valence-electron chi connectivity index (χ1n) is 3.23. The van der Waals surface area contributed by atoms with Crippen LogP contribution in [0, 0.1) is 0 Å². The van der Waals surface area contributed by atoms with Gasteiger partial charge in [0.05, 0.1) is 6.54 Å². The van der Waals surface area contributed by atoms with Crippen molar-refractivity contribution in [2.24, 2.45) is 0 Å². The average Bonchev–Trinajstić information content (AvgIpc) is 2.39. The number of alkyl halides is 2. The van der Waals surface area contributed by atoms with E-state index in [4.69, 9.17) is 5.11 Å². The topological polar surface area (TPSA) is 25.2 Å². The molecule has 0 fully saturated rings. The van der Waals surface area contributed by atoms with Crippen molar-refractivity contribution in [2.75, 3.05) is 6.61 Å². The summed E-state index contributed by atoms with van der Waals surface area (Å²) in [6, 6.07) is 3.32. The van der Waals surface area contributed by atoms with Crippen LogP contribution in [-0.4, -0.2) is 22.2 Å². The molecule has 62 valence electrons. The second-order valence-electron chi connectivity index (χ2n) is 2.37. The van der Waals surface area contributed by atoms with Gasteiger partial charge in [-0.15, -0.1) is 0 Å². The zero-order valence-electron chi connectivity index (χ0n) is 5.87. The van der Waals surface area contributed by atoms with Crippen molar-refractivity contribution in [3.05, 3.63) is 24.5 Å². The van der Waals surface area contributed by atoms with Crippen molar-refractivity contribution in [3.8, 4) is 0 Å². The molecule has 0 amide bonds. The molecule has 1 rings (SSSR count). The van der Waals surface area contributed by atoms with E-state index >= 15 is 0 Å². The molecule has 0 aliphatic heterocycles. The number of nitrogens with zero attached hydrogens (tertiary/aromatic N) is 1. The molecule has 2 nitrogen and oxygen atoms in total. The molecule has 0 bridgehead atoms. The van der Waals surface area contributed by atoms with Crippen LogP contribution in [0.3, 0.4) is 0 Å². The molecule has 1 aromatic heterocycles. The fourth-order valence-corrected chi connectivity index (χ4v) is 0.793. The second-order valence-corrected chi connectivity index (χ2v) is 2.37. The fraction of sp³-hybridized carbons (Fsp3) is 0.429. The molecule has 0 saturated carbocycles. The zero-order chi connectivity index (χ0) is 8.32. The predicted octanol–water partition coefficient (Wildman–Crippen LogP) is 1.12. The first kappa shape index (κ1) is 8.20. The summed E-state index contributed by atoms with van der Waals surface area (Å²) in [5.41, 5.74) is 0. The number of aromatic nitrogens is 1. The van der Waals surface area contributed by atoms with Gasteiger partial charge < -0.3 is 9.67 Å². The Labute approximate surface area is 63.1 Å². The number of hydrogen-bond acceptors (Lipinski definition) is 1. The van der Waals surface area contributed by atoms with Gasteiger partial charge in [0.25, 0.3) is 5.92 Å². The monoisotopic (exact) mass is 161 g/mol. The zero-order valence-corrected chi connectivity index (χ0v) is 5.87. The van der Waals surface area contributed by atoms with Gasteiger partial charge >= 0.3 is 0 Å². The van der Waals surface area contributed by atoms with Crippen LogP contribution in [0.4, 0.5) is 8.78 Å². The molecule has 0 aliphatic carbocycles. The van der Waals surface area contributed by atoms with Crippen molar-refractivity contribution in [2.45, 2.75) is 12.5 Å². The normalized spacial score (nSPS) is 11.9. The molecular formula is C7H9F2NO. The molecule has 1 aromatic rings. The summed E-state index contributed by atoms with van der Waals surface area (Å²) in [5.74, 6) is -3.01. The van der Waals surface area contributed by atoms with Crippen LogP contribution in [-0.2, 0) is 6.54 Å². The lowest BCUT2D eigenvalue weighted by molar-refractivity contribution is -0.0628. The first-order valence-corrected chi connectivity index (χ1v) is 3.23. The largest absolute Gasteiger partial charge is 0.390 e. The number of hydrogen-bond donors (Lipinski definition) is 1. The first-order chi connectivity index (χ1) is 5.14. The van der Waals surface area contributed by atoms with Crippen LogP contribution in [0.15, 0.2) is 24.5 Å². The van der Waals surface area contributed by atoms with Gasteiger partial charge in [0, 0.05) is 12.4 Å². The number of aliphatic hydroxyl groups is 1. The SMILES string of the molecule is OCC(F)(F)Cn1cccc1. The summed E-state index contributed by atoms with van der Waals surface area (Å²) in [6.07, 6.45) is 3.06. The molecule has 0 atom stereocenters. The highest BCUT2D eigenvalue weighted by atomic mass is 19.3. The summed E-state index contributed by atoms with van der Waals surface area (Å²) in [4.78, 5) is 0. The van der Waals surface area contributed by atoms with Crippen LogP contribution in [0.25, 0.3) is 0 Å². The Kier molecular flexibility index (Phi) is 2.24. The molecule has 0 unspecified atom stereocenters. The van der Waals surface area contributed by atoms with E-state index in [0.717, 1.165) is 0 Å². The lowest BCUT2D eigenvalue weighted by atomic mass is 10.3. The van der Waals surface area contributed by atoms with E-state index in [1.54, 1.807) is 12.1 Å². The summed E-state index contributed by atoms with van der Waals surface area (Å²) >= 11 is 0. The molecule has 0 aromatic carbocycles. The van der Waals surface area contributed by atoms with Gasteiger partial charge in [-0.05, 0) is 12.1 Å². The van der Waals surface area contributed by atoms with Crippen LogP contribution in [0.1, 0.15) is 0 Å². The number of aliphatic hydroxyl groups excluding tert-OH is 1. The molecule has 11 heavy (non-hydrogen) atoms. The second kappa shape index (κ2) is 3.00. The lowest BCUT2D eigenvalue weighted by Crippen LogP contribution is -2.27. The maximum atomic E-state index is 12.4. The Morgan fingerprint density at radius 3 is 2.27 bits per heavy atom. The molecule has 0 spiro atoms. The number of halogens is 2. The molecular weight excluding hydrogens is 152 g/mol. The highest BCUT2D eigenvalue weighted by Gasteiger charge is 2.27. The Morgan fingerprint density at radius 1 is 1.27 bits per heavy atom. The van der Waals surface area contributed by atoms with Gasteiger partial charge in [0.15, 0.2) is 0 Å². The lowest BCUT2D eigenvalue weighted by Gasteiger charge is -2.13. The Hall–Kier alpha value is -0.900. The van der Waals surface area contributed by atoms with Crippen molar-refractivity contribution in [3.63, 3.8) is 0 Å². The van der Waals surface area contributed by atoms with Crippen LogP contribution in [0.5, 0.6) is 0 Å². The maximum absolute atomic E-state index is 12.4. The van der Waals surface area contributed by atoms with Gasteiger partial charge in [0.2, 0.25) is 0 Å². The van der Waals surface area contributed by atoms with Gasteiger partial charge in [-0.2, -0.15) is 0 Å². The van der Waals surface area contributed by atoms with Gasteiger partial charge in [0.1, 0.15) is 6.61 Å². The van der Waals surface area contributed by atoms with Gasteiger partial charge in [-0.1, -0.05) is 0 Å². The molecule has 4 heteroatoms. The Balaban J connectivity index is 2.56. The van der Waals surface area contributed by atoms with E-state index < -0.39 is 19.1 Å². The quantitative estimate of drug-likeness (QED) is 0.705. The third-order valence-corrected chi connectivity index (χ3v) is 1.31. The summed E-state index contributed by atoms with van der Waals surface area (Å²) in [6.45, 7) is -1.57. The molecule has 0 radical (unpaired) electrons. The minimum Gasteiger partial charge on any atom is -0.390 e. The van der Waals surface area contributed by atoms with E-state index in [1.165, 1.54) is 17.0 Å². The molecule has 0 aliphatic rings. The van der Waals surface area contributed by atoms with Crippen molar-refractivity contribution < 1.29 is 13.9 Å².